The zero-order chi connectivity index (χ0) is 17.5. The van der Waals surface area contributed by atoms with Crippen LogP contribution in [0.1, 0.15) is 19.4 Å². The molecule has 0 spiro atoms. The molecule has 4 nitrogen and oxygen atoms in total. The fourth-order valence-corrected chi connectivity index (χ4v) is 2.08. The molecule has 1 atom stereocenters. The minimum absolute atomic E-state index is 0.0949. The van der Waals surface area contributed by atoms with Gasteiger partial charge in [-0.25, -0.2) is 8.78 Å². The van der Waals surface area contributed by atoms with Gasteiger partial charge in [0.1, 0.15) is 5.75 Å². The van der Waals surface area contributed by atoms with E-state index in [1.165, 1.54) is 6.07 Å². The van der Waals surface area contributed by atoms with E-state index >= 15 is 0 Å². The molecule has 2 rings (SSSR count). The third kappa shape index (κ3) is 5.03. The Labute approximate surface area is 139 Å². The summed E-state index contributed by atoms with van der Waals surface area (Å²) >= 11 is 0. The molecule has 0 saturated heterocycles. The summed E-state index contributed by atoms with van der Waals surface area (Å²) in [6, 6.07) is 10.6. The second-order valence-electron chi connectivity index (χ2n) is 5.31. The van der Waals surface area contributed by atoms with Crippen molar-refractivity contribution in [1.29, 1.82) is 0 Å². The molecule has 0 aliphatic heterocycles. The van der Waals surface area contributed by atoms with Crippen LogP contribution in [-0.2, 0) is 11.3 Å². The highest BCUT2D eigenvalue weighted by Crippen LogP contribution is 2.17. The van der Waals surface area contributed by atoms with Crippen molar-refractivity contribution < 1.29 is 18.3 Å². The smallest absolute Gasteiger partial charge is 0.265 e. The van der Waals surface area contributed by atoms with Crippen LogP contribution in [0, 0.1) is 11.6 Å². The molecule has 0 radical (unpaired) electrons. The second kappa shape index (κ2) is 8.40. The minimum Gasteiger partial charge on any atom is -0.481 e. The predicted molar refractivity (Wildman–Crippen MR) is 88.9 cm³/mol. The van der Waals surface area contributed by atoms with E-state index in [4.69, 9.17) is 4.74 Å². The van der Waals surface area contributed by atoms with Gasteiger partial charge in [0.2, 0.25) is 0 Å². The van der Waals surface area contributed by atoms with Crippen molar-refractivity contribution in [2.45, 2.75) is 26.5 Å². The average molecular weight is 334 g/mol. The summed E-state index contributed by atoms with van der Waals surface area (Å²) < 4.78 is 31.4. The molecule has 24 heavy (non-hydrogen) atoms. The predicted octanol–water partition coefficient (Wildman–Crippen LogP) is 3.48. The number of carbonyl (C=O) groups excluding carboxylic acids is 1. The van der Waals surface area contributed by atoms with Gasteiger partial charge in [-0.15, -0.1) is 0 Å². The SMILES string of the molecule is CCNCc1cccc(NC(=O)C(C)Oc2ccc(F)c(F)c2)c1. The molecule has 0 aliphatic carbocycles. The lowest BCUT2D eigenvalue weighted by atomic mass is 10.2. The van der Waals surface area contributed by atoms with Crippen LogP contribution in [0.25, 0.3) is 0 Å². The van der Waals surface area contributed by atoms with Crippen molar-refractivity contribution in [3.8, 4) is 5.75 Å². The largest absolute Gasteiger partial charge is 0.481 e. The number of hydrogen-bond donors (Lipinski definition) is 2. The van der Waals surface area contributed by atoms with Crippen molar-refractivity contribution in [1.82, 2.24) is 5.32 Å². The van der Waals surface area contributed by atoms with Gasteiger partial charge in [0.25, 0.3) is 5.91 Å². The Morgan fingerprint density at radius 2 is 1.96 bits per heavy atom. The Morgan fingerprint density at radius 1 is 1.17 bits per heavy atom. The molecule has 0 fully saturated rings. The number of nitrogens with one attached hydrogen (secondary N) is 2. The molecule has 2 aromatic rings. The number of benzene rings is 2. The molecule has 1 amide bonds. The van der Waals surface area contributed by atoms with Gasteiger partial charge < -0.3 is 15.4 Å². The van der Waals surface area contributed by atoms with Crippen LogP contribution >= 0.6 is 0 Å². The van der Waals surface area contributed by atoms with E-state index < -0.39 is 17.7 Å². The summed E-state index contributed by atoms with van der Waals surface area (Å²) in [4.78, 5) is 12.2. The fourth-order valence-electron chi connectivity index (χ4n) is 2.08. The van der Waals surface area contributed by atoms with Crippen molar-refractivity contribution in [3.63, 3.8) is 0 Å². The van der Waals surface area contributed by atoms with E-state index in [-0.39, 0.29) is 11.7 Å². The number of halogens is 2. The molecule has 0 bridgehead atoms. The second-order valence-corrected chi connectivity index (χ2v) is 5.31. The van der Waals surface area contributed by atoms with Crippen LogP contribution in [0.3, 0.4) is 0 Å². The fraction of sp³-hybridized carbons (Fsp3) is 0.278. The van der Waals surface area contributed by atoms with Crippen LogP contribution in [0.15, 0.2) is 42.5 Å². The highest BCUT2D eigenvalue weighted by atomic mass is 19.2. The van der Waals surface area contributed by atoms with Crippen molar-refractivity contribution in [2.24, 2.45) is 0 Å². The summed E-state index contributed by atoms with van der Waals surface area (Å²) in [5.74, 6) is -2.26. The maximum atomic E-state index is 13.2. The zero-order valence-corrected chi connectivity index (χ0v) is 13.6. The van der Waals surface area contributed by atoms with E-state index in [0.29, 0.717) is 12.2 Å². The molecule has 0 aliphatic rings. The number of hydrogen-bond acceptors (Lipinski definition) is 3. The zero-order valence-electron chi connectivity index (χ0n) is 13.6. The first kappa shape index (κ1) is 17.9. The van der Waals surface area contributed by atoms with E-state index in [1.807, 2.05) is 25.1 Å². The van der Waals surface area contributed by atoms with Crippen LogP contribution in [0.4, 0.5) is 14.5 Å². The molecular formula is C18H20F2N2O2. The molecule has 2 N–H and O–H groups in total. The molecule has 2 aromatic carbocycles. The first-order chi connectivity index (χ1) is 11.5. The summed E-state index contributed by atoms with van der Waals surface area (Å²) in [5, 5.41) is 5.95. The minimum atomic E-state index is -1.02. The van der Waals surface area contributed by atoms with Crippen LogP contribution in [0.2, 0.25) is 0 Å². The van der Waals surface area contributed by atoms with Gasteiger partial charge >= 0.3 is 0 Å². The molecule has 0 aromatic heterocycles. The first-order valence-electron chi connectivity index (χ1n) is 7.72. The maximum absolute atomic E-state index is 13.2. The molecule has 0 heterocycles. The van der Waals surface area contributed by atoms with Crippen LogP contribution < -0.4 is 15.4 Å². The molecule has 0 saturated carbocycles. The lowest BCUT2D eigenvalue weighted by molar-refractivity contribution is -0.122. The van der Waals surface area contributed by atoms with Crippen molar-refractivity contribution >= 4 is 11.6 Å². The lowest BCUT2D eigenvalue weighted by Crippen LogP contribution is -2.30. The third-order valence-corrected chi connectivity index (χ3v) is 3.35. The number of amides is 1. The summed E-state index contributed by atoms with van der Waals surface area (Å²) in [7, 11) is 0. The van der Waals surface area contributed by atoms with Gasteiger partial charge in [0.05, 0.1) is 0 Å². The van der Waals surface area contributed by atoms with Crippen molar-refractivity contribution in [3.05, 3.63) is 59.7 Å². The Morgan fingerprint density at radius 3 is 2.67 bits per heavy atom. The average Bonchev–Trinajstić information content (AvgIpc) is 2.56. The van der Waals surface area contributed by atoms with Gasteiger partial charge in [-0.2, -0.15) is 0 Å². The van der Waals surface area contributed by atoms with Crippen molar-refractivity contribution in [2.75, 3.05) is 11.9 Å². The monoisotopic (exact) mass is 334 g/mol. The Balaban J connectivity index is 1.97. The van der Waals surface area contributed by atoms with E-state index in [2.05, 4.69) is 10.6 Å². The lowest BCUT2D eigenvalue weighted by Gasteiger charge is -2.15. The highest BCUT2D eigenvalue weighted by molar-refractivity contribution is 5.94. The highest BCUT2D eigenvalue weighted by Gasteiger charge is 2.16. The Bertz CT molecular complexity index is 707. The normalized spacial score (nSPS) is 11.8. The first-order valence-corrected chi connectivity index (χ1v) is 7.72. The molecule has 6 heteroatoms. The van der Waals surface area contributed by atoms with Crippen LogP contribution in [-0.4, -0.2) is 18.6 Å². The maximum Gasteiger partial charge on any atom is 0.265 e. The third-order valence-electron chi connectivity index (χ3n) is 3.35. The van der Waals surface area contributed by atoms with Gasteiger partial charge in [-0.05, 0) is 43.3 Å². The number of ether oxygens (including phenoxy) is 1. The van der Waals surface area contributed by atoms with Crippen LogP contribution in [0.5, 0.6) is 5.75 Å². The summed E-state index contributed by atoms with van der Waals surface area (Å²) in [6.07, 6.45) is -0.854. The Hall–Kier alpha value is -2.47. The van der Waals surface area contributed by atoms with Gasteiger partial charge in [0.15, 0.2) is 17.7 Å². The van der Waals surface area contributed by atoms with E-state index in [0.717, 1.165) is 24.2 Å². The molecular weight excluding hydrogens is 314 g/mol. The quantitative estimate of drug-likeness (QED) is 0.815. The number of anilines is 1. The topological polar surface area (TPSA) is 50.4 Å². The van der Waals surface area contributed by atoms with Gasteiger partial charge in [-0.3, -0.25) is 4.79 Å². The van der Waals surface area contributed by atoms with E-state index in [9.17, 15) is 13.6 Å². The number of rotatable bonds is 7. The Kier molecular flexibility index (Phi) is 6.26. The molecule has 1 unspecified atom stereocenters. The molecule has 128 valence electrons. The summed E-state index contributed by atoms with van der Waals surface area (Å²) in [5.41, 5.74) is 1.69. The van der Waals surface area contributed by atoms with Gasteiger partial charge in [0, 0.05) is 18.3 Å². The van der Waals surface area contributed by atoms with E-state index in [1.54, 1.807) is 13.0 Å². The summed E-state index contributed by atoms with van der Waals surface area (Å²) in [6.45, 7) is 5.12. The standard InChI is InChI=1S/C18H20F2N2O2/c1-3-21-11-13-5-4-6-14(9-13)22-18(23)12(2)24-15-7-8-16(19)17(20)10-15/h4-10,12,21H,3,11H2,1-2H3,(H,22,23). The van der Waals surface area contributed by atoms with Gasteiger partial charge in [-0.1, -0.05) is 19.1 Å². The number of carbonyl (C=O) groups is 1.